The minimum Gasteiger partial charge on any atom is -0.442 e. The number of aliphatic hydroxyl groups is 1. The molecule has 0 aromatic rings. The largest absolute Gasteiger partial charge is 0.442 e. The Labute approximate surface area is 84.0 Å². The molecular formula is C10H17NO3. The number of hydrogen-bond donors (Lipinski definition) is 1. The number of carbonyl (C=O) groups excluding carboxylic acids is 1. The van der Waals surface area contributed by atoms with Crippen LogP contribution < -0.4 is 0 Å². The predicted octanol–water partition coefficient (Wildman–Crippen LogP) is 1.76. The molecule has 0 aliphatic heterocycles. The van der Waals surface area contributed by atoms with E-state index in [1.165, 1.54) is 0 Å². The van der Waals surface area contributed by atoms with E-state index in [0.717, 1.165) is 0 Å². The highest BCUT2D eigenvalue weighted by Crippen LogP contribution is 2.25. The van der Waals surface area contributed by atoms with E-state index >= 15 is 0 Å². The highest BCUT2D eigenvalue weighted by molar-refractivity contribution is 5.80. The number of carbonyl (C=O) groups is 1. The van der Waals surface area contributed by atoms with Gasteiger partial charge in [-0.25, -0.2) is 4.79 Å². The summed E-state index contributed by atoms with van der Waals surface area (Å²) in [7, 11) is 0. The van der Waals surface area contributed by atoms with Gasteiger partial charge in [0, 0.05) is 6.21 Å². The predicted molar refractivity (Wildman–Crippen MR) is 53.5 cm³/mol. The molecule has 1 amide bonds. The molecule has 0 spiro atoms. The van der Waals surface area contributed by atoms with E-state index < -0.39 is 11.7 Å². The van der Waals surface area contributed by atoms with Crippen molar-refractivity contribution in [2.75, 3.05) is 0 Å². The van der Waals surface area contributed by atoms with Crippen molar-refractivity contribution in [1.29, 1.82) is 0 Å². The molecule has 0 saturated heterocycles. The van der Waals surface area contributed by atoms with Crippen LogP contribution in [0.5, 0.6) is 0 Å². The van der Waals surface area contributed by atoms with Gasteiger partial charge in [0.1, 0.15) is 5.60 Å². The molecule has 0 atom stereocenters. The highest BCUT2D eigenvalue weighted by atomic mass is 16.6. The van der Waals surface area contributed by atoms with Gasteiger partial charge in [-0.1, -0.05) is 0 Å². The third-order valence-corrected chi connectivity index (χ3v) is 1.93. The molecule has 1 rings (SSSR count). The Bertz CT molecular complexity index is 236. The lowest BCUT2D eigenvalue weighted by atomic mass is 9.83. The first-order valence-electron chi connectivity index (χ1n) is 4.82. The summed E-state index contributed by atoms with van der Waals surface area (Å²) in [5, 5.41) is 8.99. The van der Waals surface area contributed by atoms with E-state index in [9.17, 15) is 4.79 Å². The summed E-state index contributed by atoms with van der Waals surface area (Å²) >= 11 is 0. The summed E-state index contributed by atoms with van der Waals surface area (Å²) in [5.41, 5.74) is -0.493. The number of aliphatic imine (C=N–C) groups is 1. The minimum atomic E-state index is -0.557. The monoisotopic (exact) mass is 199 g/mol. The zero-order valence-electron chi connectivity index (χ0n) is 8.86. The van der Waals surface area contributed by atoms with Crippen LogP contribution in [-0.4, -0.2) is 29.1 Å². The number of amides is 1. The molecule has 1 aliphatic rings. The van der Waals surface area contributed by atoms with Crippen LogP contribution in [0.4, 0.5) is 4.79 Å². The maximum absolute atomic E-state index is 11.1. The first-order chi connectivity index (χ1) is 6.37. The fourth-order valence-electron chi connectivity index (χ4n) is 1.21. The summed E-state index contributed by atoms with van der Waals surface area (Å²) in [6.07, 6.45) is 2.20. The quantitative estimate of drug-likeness (QED) is 0.655. The SMILES string of the molecule is CC(C)(C)OC(=O)/N=C\C1CC(O)C1. The molecule has 0 bridgehead atoms. The van der Waals surface area contributed by atoms with E-state index in [1.807, 2.05) is 0 Å². The van der Waals surface area contributed by atoms with Crippen LogP contribution in [0.3, 0.4) is 0 Å². The van der Waals surface area contributed by atoms with Gasteiger partial charge in [0.2, 0.25) is 0 Å². The fraction of sp³-hybridized carbons (Fsp3) is 0.800. The summed E-state index contributed by atoms with van der Waals surface area (Å²) in [4.78, 5) is 14.8. The highest BCUT2D eigenvalue weighted by Gasteiger charge is 2.25. The smallest absolute Gasteiger partial charge is 0.433 e. The van der Waals surface area contributed by atoms with Crippen molar-refractivity contribution in [3.05, 3.63) is 0 Å². The molecule has 4 nitrogen and oxygen atoms in total. The first-order valence-corrected chi connectivity index (χ1v) is 4.82. The summed E-state index contributed by atoms with van der Waals surface area (Å²) in [6, 6.07) is 0. The summed E-state index contributed by atoms with van der Waals surface area (Å²) in [5.74, 6) is 0.234. The molecular weight excluding hydrogens is 182 g/mol. The van der Waals surface area contributed by atoms with Gasteiger partial charge in [0.05, 0.1) is 6.10 Å². The van der Waals surface area contributed by atoms with E-state index in [0.29, 0.717) is 12.8 Å². The first kappa shape index (κ1) is 11.2. The van der Waals surface area contributed by atoms with Crippen molar-refractivity contribution in [3.8, 4) is 0 Å². The third kappa shape index (κ3) is 3.87. The summed E-state index contributed by atoms with van der Waals surface area (Å²) in [6.45, 7) is 5.40. The average Bonchev–Trinajstić information content (AvgIpc) is 1.92. The Balaban J connectivity index is 2.27. The molecule has 80 valence electrons. The maximum Gasteiger partial charge on any atom is 0.433 e. The molecule has 0 aromatic heterocycles. The van der Waals surface area contributed by atoms with Crippen molar-refractivity contribution < 1.29 is 14.6 Å². The molecule has 14 heavy (non-hydrogen) atoms. The molecule has 0 radical (unpaired) electrons. The molecule has 0 aromatic carbocycles. The van der Waals surface area contributed by atoms with Gasteiger partial charge in [-0.3, -0.25) is 0 Å². The van der Waals surface area contributed by atoms with Crippen molar-refractivity contribution >= 4 is 12.3 Å². The Hall–Kier alpha value is -0.900. The number of aliphatic hydroxyl groups excluding tert-OH is 1. The van der Waals surface area contributed by atoms with E-state index in [4.69, 9.17) is 9.84 Å². The van der Waals surface area contributed by atoms with Crippen LogP contribution in [0.2, 0.25) is 0 Å². The summed E-state index contributed by atoms with van der Waals surface area (Å²) < 4.78 is 4.98. The number of nitrogens with zero attached hydrogens (tertiary/aromatic N) is 1. The van der Waals surface area contributed by atoms with Gasteiger partial charge in [0.25, 0.3) is 0 Å². The Morgan fingerprint density at radius 3 is 2.50 bits per heavy atom. The topological polar surface area (TPSA) is 58.9 Å². The van der Waals surface area contributed by atoms with E-state index in [2.05, 4.69) is 4.99 Å². The van der Waals surface area contributed by atoms with Crippen molar-refractivity contribution in [3.63, 3.8) is 0 Å². The standard InChI is InChI=1S/C10H17NO3/c1-10(2,3)14-9(13)11-6-7-4-8(12)5-7/h6-8,12H,4-5H2,1-3H3/b11-6-. The molecule has 0 unspecified atom stereocenters. The third-order valence-electron chi connectivity index (χ3n) is 1.93. The van der Waals surface area contributed by atoms with Gasteiger partial charge in [-0.05, 0) is 39.5 Å². The van der Waals surface area contributed by atoms with Gasteiger partial charge in [-0.15, -0.1) is 0 Å². The second kappa shape index (κ2) is 4.09. The second-order valence-corrected chi connectivity index (χ2v) is 4.64. The number of rotatable bonds is 1. The van der Waals surface area contributed by atoms with Crippen molar-refractivity contribution in [1.82, 2.24) is 0 Å². The van der Waals surface area contributed by atoms with Crippen LogP contribution in [-0.2, 0) is 4.74 Å². The van der Waals surface area contributed by atoms with Gasteiger partial charge in [-0.2, -0.15) is 4.99 Å². The van der Waals surface area contributed by atoms with Gasteiger partial charge >= 0.3 is 6.09 Å². The van der Waals surface area contributed by atoms with Crippen molar-refractivity contribution in [2.45, 2.75) is 45.3 Å². The van der Waals surface area contributed by atoms with E-state index in [-0.39, 0.29) is 12.0 Å². The lowest BCUT2D eigenvalue weighted by Gasteiger charge is -2.27. The van der Waals surface area contributed by atoms with E-state index in [1.54, 1.807) is 27.0 Å². The molecule has 1 aliphatic carbocycles. The molecule has 1 saturated carbocycles. The molecule has 1 N–H and O–H groups in total. The molecule has 1 fully saturated rings. The second-order valence-electron chi connectivity index (χ2n) is 4.64. The van der Waals surface area contributed by atoms with Crippen LogP contribution in [0, 0.1) is 5.92 Å². The Morgan fingerprint density at radius 1 is 1.50 bits per heavy atom. The van der Waals surface area contributed by atoms with Crippen LogP contribution in [0.1, 0.15) is 33.6 Å². The molecule has 0 heterocycles. The zero-order valence-corrected chi connectivity index (χ0v) is 8.86. The van der Waals surface area contributed by atoms with Crippen LogP contribution in [0.15, 0.2) is 4.99 Å². The van der Waals surface area contributed by atoms with Crippen molar-refractivity contribution in [2.24, 2.45) is 10.9 Å². The van der Waals surface area contributed by atoms with Crippen LogP contribution in [0.25, 0.3) is 0 Å². The maximum atomic E-state index is 11.1. The molecule has 4 heteroatoms. The Kier molecular flexibility index (Phi) is 3.26. The van der Waals surface area contributed by atoms with Gasteiger partial charge in [0.15, 0.2) is 0 Å². The van der Waals surface area contributed by atoms with Gasteiger partial charge < -0.3 is 9.84 Å². The number of ether oxygens (including phenoxy) is 1. The zero-order chi connectivity index (χ0) is 10.8. The lowest BCUT2D eigenvalue weighted by molar-refractivity contribution is 0.0587. The Morgan fingerprint density at radius 2 is 2.07 bits per heavy atom. The average molecular weight is 199 g/mol. The lowest BCUT2D eigenvalue weighted by Crippen LogP contribution is -2.29. The fourth-order valence-corrected chi connectivity index (χ4v) is 1.21. The normalized spacial score (nSPS) is 27.4. The minimum absolute atomic E-state index is 0.218. The number of hydrogen-bond acceptors (Lipinski definition) is 3. The van der Waals surface area contributed by atoms with Crippen LogP contribution >= 0.6 is 0 Å².